The van der Waals surface area contributed by atoms with Crippen molar-refractivity contribution in [2.45, 2.75) is 30.9 Å². The van der Waals surface area contributed by atoms with Crippen LogP contribution in [-0.2, 0) is 0 Å². The van der Waals surface area contributed by atoms with E-state index in [-0.39, 0.29) is 0 Å². The van der Waals surface area contributed by atoms with Crippen molar-refractivity contribution in [2.75, 3.05) is 11.9 Å². The van der Waals surface area contributed by atoms with Gasteiger partial charge >= 0.3 is 6.18 Å². The number of hydrogen-bond acceptors (Lipinski definition) is 4. The average molecular weight is 347 g/mol. The van der Waals surface area contributed by atoms with Crippen LogP contribution in [0.3, 0.4) is 0 Å². The Balaban J connectivity index is 2.25. The standard InChI is InChI=1S/C14H16F3N3S2/c1-13(2)12(22)19-8-20(13)11(21)9-5-3-4-6-10(9)18-7-14(15,16)17/h3-6,8,11,18,21H,7H2,1-2H3. The van der Waals surface area contributed by atoms with Crippen LogP contribution in [0.2, 0.25) is 0 Å². The Hall–Kier alpha value is -1.28. The summed E-state index contributed by atoms with van der Waals surface area (Å²) in [4.78, 5) is 6.46. The first-order valence-corrected chi connectivity index (χ1v) is 7.50. The smallest absolute Gasteiger partial charge is 0.376 e. The normalized spacial score (nSPS) is 18.6. The summed E-state index contributed by atoms with van der Waals surface area (Å²) >= 11 is 9.75. The maximum Gasteiger partial charge on any atom is 0.405 e. The lowest BCUT2D eigenvalue weighted by Gasteiger charge is -2.36. The quantitative estimate of drug-likeness (QED) is 0.636. The SMILES string of the molecule is CC1(C)C(=S)N=CN1C(S)c1ccccc1NCC(F)(F)F. The minimum absolute atomic E-state index is 0.391. The summed E-state index contributed by atoms with van der Waals surface area (Å²) in [6, 6.07) is 6.77. The van der Waals surface area contributed by atoms with Crippen LogP contribution in [-0.4, -0.2) is 34.5 Å². The van der Waals surface area contributed by atoms with Crippen molar-refractivity contribution in [3.63, 3.8) is 0 Å². The van der Waals surface area contributed by atoms with Crippen LogP contribution in [0.5, 0.6) is 0 Å². The highest BCUT2D eigenvalue weighted by Gasteiger charge is 2.38. The fraction of sp³-hybridized carbons (Fsp3) is 0.429. The summed E-state index contributed by atoms with van der Waals surface area (Å²) in [5.74, 6) is 0. The van der Waals surface area contributed by atoms with Crippen molar-refractivity contribution in [2.24, 2.45) is 4.99 Å². The third-order valence-corrected chi connectivity index (χ3v) is 4.58. The minimum Gasteiger partial charge on any atom is -0.376 e. The minimum atomic E-state index is -4.28. The van der Waals surface area contributed by atoms with Crippen molar-refractivity contribution in [1.29, 1.82) is 0 Å². The Bertz CT molecular complexity index is 599. The number of anilines is 1. The van der Waals surface area contributed by atoms with E-state index in [2.05, 4.69) is 22.9 Å². The van der Waals surface area contributed by atoms with Crippen molar-refractivity contribution >= 4 is 41.9 Å². The number of alkyl halides is 3. The first-order chi connectivity index (χ1) is 10.1. The van der Waals surface area contributed by atoms with Gasteiger partial charge in [-0.3, -0.25) is 0 Å². The Kier molecular flexibility index (Phi) is 4.72. The van der Waals surface area contributed by atoms with E-state index < -0.39 is 23.6 Å². The number of nitrogens with zero attached hydrogens (tertiary/aromatic N) is 2. The van der Waals surface area contributed by atoms with Crippen LogP contribution in [0.15, 0.2) is 29.3 Å². The molecule has 8 heteroatoms. The topological polar surface area (TPSA) is 27.6 Å². The zero-order valence-corrected chi connectivity index (χ0v) is 13.8. The maximum atomic E-state index is 12.4. The van der Waals surface area contributed by atoms with Gasteiger partial charge in [0.1, 0.15) is 16.9 Å². The van der Waals surface area contributed by atoms with Crippen molar-refractivity contribution in [1.82, 2.24) is 4.90 Å². The lowest BCUT2D eigenvalue weighted by atomic mass is 10.0. The van der Waals surface area contributed by atoms with E-state index in [9.17, 15) is 13.2 Å². The van der Waals surface area contributed by atoms with Crippen LogP contribution >= 0.6 is 24.8 Å². The number of rotatable bonds is 4. The Labute approximate surface area is 138 Å². The maximum absolute atomic E-state index is 12.4. The third-order valence-electron chi connectivity index (χ3n) is 3.45. The first-order valence-electron chi connectivity index (χ1n) is 6.57. The van der Waals surface area contributed by atoms with Crippen LogP contribution in [0, 0.1) is 0 Å². The highest BCUT2D eigenvalue weighted by Crippen LogP contribution is 2.37. The molecule has 1 aromatic rings. The Morgan fingerprint density at radius 1 is 1.36 bits per heavy atom. The molecule has 1 aliphatic heterocycles. The number of benzene rings is 1. The van der Waals surface area contributed by atoms with Gasteiger partial charge < -0.3 is 10.2 Å². The fourth-order valence-electron chi connectivity index (χ4n) is 2.12. The van der Waals surface area contributed by atoms with Gasteiger partial charge in [0.05, 0.1) is 11.9 Å². The number of para-hydroxylation sites is 1. The lowest BCUT2D eigenvalue weighted by molar-refractivity contribution is -0.115. The number of thiol groups is 1. The van der Waals surface area contributed by atoms with Crippen molar-refractivity contribution in [3.8, 4) is 0 Å². The second-order valence-electron chi connectivity index (χ2n) is 5.45. The van der Waals surface area contributed by atoms with E-state index in [0.717, 1.165) is 0 Å². The fourth-order valence-corrected chi connectivity index (χ4v) is 2.85. The predicted molar refractivity (Wildman–Crippen MR) is 89.7 cm³/mol. The van der Waals surface area contributed by atoms with Crippen LogP contribution in [0.25, 0.3) is 0 Å². The van der Waals surface area contributed by atoms with E-state index in [1.165, 1.54) is 0 Å². The number of hydrogen-bond donors (Lipinski definition) is 2. The van der Waals surface area contributed by atoms with E-state index in [1.807, 2.05) is 18.7 Å². The van der Waals surface area contributed by atoms with E-state index in [1.54, 1.807) is 30.6 Å². The highest BCUT2D eigenvalue weighted by molar-refractivity contribution is 7.81. The Morgan fingerprint density at radius 2 is 2.00 bits per heavy atom. The molecule has 1 unspecified atom stereocenters. The van der Waals surface area contributed by atoms with Gasteiger partial charge in [0, 0.05) is 11.3 Å². The molecule has 0 radical (unpaired) electrons. The molecular weight excluding hydrogens is 331 g/mol. The number of thiocarbonyl (C=S) groups is 1. The zero-order chi connectivity index (χ0) is 16.5. The van der Waals surface area contributed by atoms with Gasteiger partial charge in [-0.2, -0.15) is 13.2 Å². The monoisotopic (exact) mass is 347 g/mol. The summed E-state index contributed by atoms with van der Waals surface area (Å²) in [6.07, 6.45) is -2.70. The molecule has 22 heavy (non-hydrogen) atoms. The zero-order valence-electron chi connectivity index (χ0n) is 12.1. The molecule has 0 spiro atoms. The van der Waals surface area contributed by atoms with Gasteiger partial charge in [0.25, 0.3) is 0 Å². The number of nitrogens with one attached hydrogen (secondary N) is 1. The average Bonchev–Trinajstić information content (AvgIpc) is 2.70. The van der Waals surface area contributed by atoms with Crippen LogP contribution in [0.4, 0.5) is 18.9 Å². The van der Waals surface area contributed by atoms with Crippen LogP contribution < -0.4 is 5.32 Å². The first kappa shape index (κ1) is 17.1. The molecule has 1 atom stereocenters. The molecule has 0 amide bonds. The van der Waals surface area contributed by atoms with Gasteiger partial charge in [-0.15, -0.1) is 12.6 Å². The molecule has 120 valence electrons. The van der Waals surface area contributed by atoms with Gasteiger partial charge in [-0.1, -0.05) is 30.4 Å². The molecule has 1 aliphatic rings. The molecule has 1 aromatic carbocycles. The summed E-state index contributed by atoms with van der Waals surface area (Å²) in [5, 5.41) is 1.96. The molecule has 0 bridgehead atoms. The van der Waals surface area contributed by atoms with Crippen molar-refractivity contribution in [3.05, 3.63) is 29.8 Å². The molecule has 0 saturated carbocycles. The largest absolute Gasteiger partial charge is 0.405 e. The molecule has 0 saturated heterocycles. The second-order valence-corrected chi connectivity index (χ2v) is 6.32. The van der Waals surface area contributed by atoms with Crippen LogP contribution in [0.1, 0.15) is 24.8 Å². The molecule has 0 fully saturated rings. The predicted octanol–water partition coefficient (Wildman–Crippen LogP) is 4.04. The summed E-state index contributed by atoms with van der Waals surface area (Å²) in [6.45, 7) is 2.70. The molecule has 3 nitrogen and oxygen atoms in total. The molecule has 2 rings (SSSR count). The molecule has 0 aromatic heterocycles. The summed E-state index contributed by atoms with van der Waals surface area (Å²) < 4.78 is 37.3. The lowest BCUT2D eigenvalue weighted by Crippen LogP contribution is -2.44. The highest BCUT2D eigenvalue weighted by atomic mass is 32.1. The van der Waals surface area contributed by atoms with Gasteiger partial charge in [0.2, 0.25) is 0 Å². The summed E-state index contributed by atoms with van der Waals surface area (Å²) in [5.41, 5.74) is 0.514. The Morgan fingerprint density at radius 3 is 2.55 bits per heavy atom. The number of aliphatic imine (C=N–C) groups is 1. The van der Waals surface area contributed by atoms with E-state index in [0.29, 0.717) is 16.2 Å². The van der Waals surface area contributed by atoms with E-state index >= 15 is 0 Å². The molecule has 1 heterocycles. The summed E-state index contributed by atoms with van der Waals surface area (Å²) in [7, 11) is 0. The number of halogens is 3. The third kappa shape index (κ3) is 3.55. The molecule has 1 N–H and O–H groups in total. The van der Waals surface area contributed by atoms with Gasteiger partial charge in [0.15, 0.2) is 0 Å². The second kappa shape index (κ2) is 6.08. The van der Waals surface area contributed by atoms with Gasteiger partial charge in [-0.05, 0) is 19.9 Å². The van der Waals surface area contributed by atoms with Crippen molar-refractivity contribution < 1.29 is 13.2 Å². The van der Waals surface area contributed by atoms with Gasteiger partial charge in [-0.25, -0.2) is 4.99 Å². The molecule has 0 aliphatic carbocycles. The molecular formula is C14H16F3N3S2. The van der Waals surface area contributed by atoms with E-state index in [4.69, 9.17) is 12.2 Å².